The summed E-state index contributed by atoms with van der Waals surface area (Å²) in [6.07, 6.45) is 1.06. The Bertz CT molecular complexity index is 221. The summed E-state index contributed by atoms with van der Waals surface area (Å²) in [6.45, 7) is 7.67. The number of rotatable bonds is 4. The number of nitrogens with zero attached hydrogens (tertiary/aromatic N) is 1. The van der Waals surface area contributed by atoms with Crippen LogP contribution in [0, 0.1) is 5.92 Å². The topological polar surface area (TPSA) is 52.6 Å². The Morgan fingerprint density at radius 2 is 2.33 bits per heavy atom. The molecule has 88 valence electrons. The number of hydrogen-bond acceptors (Lipinski definition) is 3. The number of nitrogens with one attached hydrogen (secondary N) is 1. The van der Waals surface area contributed by atoms with E-state index >= 15 is 0 Å². The number of aliphatic hydroxyl groups excluding tert-OH is 1. The second kappa shape index (κ2) is 5.47. The van der Waals surface area contributed by atoms with Gasteiger partial charge in [0.1, 0.15) is 0 Å². The van der Waals surface area contributed by atoms with Crippen LogP contribution in [-0.4, -0.2) is 47.7 Å². The van der Waals surface area contributed by atoms with Crippen LogP contribution in [0.15, 0.2) is 0 Å². The molecule has 0 aromatic carbocycles. The van der Waals surface area contributed by atoms with Crippen LogP contribution >= 0.6 is 0 Å². The SMILES string of the molecule is CCNC(=O)C(C)N1CCC(C)C1CO. The predicted octanol–water partition coefficient (Wildman–Crippen LogP) is 0.214. The molecule has 1 aliphatic rings. The molecule has 0 saturated carbocycles. The number of aliphatic hydroxyl groups is 1. The van der Waals surface area contributed by atoms with E-state index in [1.54, 1.807) is 0 Å². The van der Waals surface area contributed by atoms with Gasteiger partial charge in [-0.05, 0) is 32.7 Å². The molecule has 1 aliphatic heterocycles. The van der Waals surface area contributed by atoms with Crippen molar-refractivity contribution in [2.24, 2.45) is 5.92 Å². The molecule has 0 aromatic rings. The molecule has 15 heavy (non-hydrogen) atoms. The first-order valence-electron chi connectivity index (χ1n) is 5.76. The third-order valence-corrected chi connectivity index (χ3v) is 3.34. The van der Waals surface area contributed by atoms with Gasteiger partial charge in [0, 0.05) is 12.6 Å². The number of likely N-dealkylation sites (tertiary alicyclic amines) is 1. The van der Waals surface area contributed by atoms with Crippen LogP contribution in [0.3, 0.4) is 0 Å². The fourth-order valence-corrected chi connectivity index (χ4v) is 2.28. The molecule has 0 aromatic heterocycles. The average molecular weight is 214 g/mol. The number of likely N-dealkylation sites (N-methyl/N-ethyl adjacent to an activating group) is 1. The first-order valence-corrected chi connectivity index (χ1v) is 5.76. The van der Waals surface area contributed by atoms with Crippen LogP contribution in [0.25, 0.3) is 0 Å². The highest BCUT2D eigenvalue weighted by Gasteiger charge is 2.35. The average Bonchev–Trinajstić information content (AvgIpc) is 2.58. The van der Waals surface area contributed by atoms with Crippen molar-refractivity contribution in [2.45, 2.75) is 39.3 Å². The molecule has 1 amide bonds. The van der Waals surface area contributed by atoms with Crippen LogP contribution < -0.4 is 5.32 Å². The van der Waals surface area contributed by atoms with Crippen molar-refractivity contribution in [3.05, 3.63) is 0 Å². The van der Waals surface area contributed by atoms with E-state index in [1.165, 1.54) is 0 Å². The fraction of sp³-hybridized carbons (Fsp3) is 0.909. The molecule has 0 bridgehead atoms. The normalized spacial score (nSPS) is 29.1. The van der Waals surface area contributed by atoms with Gasteiger partial charge in [0.05, 0.1) is 12.6 Å². The molecule has 4 heteroatoms. The Balaban J connectivity index is 2.59. The van der Waals surface area contributed by atoms with Crippen molar-refractivity contribution in [3.63, 3.8) is 0 Å². The summed E-state index contributed by atoms with van der Waals surface area (Å²) in [5.41, 5.74) is 0. The van der Waals surface area contributed by atoms with E-state index in [0.29, 0.717) is 12.5 Å². The van der Waals surface area contributed by atoms with Crippen molar-refractivity contribution in [3.8, 4) is 0 Å². The lowest BCUT2D eigenvalue weighted by molar-refractivity contribution is -0.126. The summed E-state index contributed by atoms with van der Waals surface area (Å²) in [5.74, 6) is 0.539. The molecule has 1 heterocycles. The highest BCUT2D eigenvalue weighted by atomic mass is 16.3. The number of hydrogen-bond donors (Lipinski definition) is 2. The van der Waals surface area contributed by atoms with E-state index in [4.69, 9.17) is 0 Å². The zero-order valence-corrected chi connectivity index (χ0v) is 9.86. The molecular formula is C11H22N2O2. The van der Waals surface area contributed by atoms with Crippen LogP contribution in [-0.2, 0) is 4.79 Å². The van der Waals surface area contributed by atoms with Gasteiger partial charge in [-0.1, -0.05) is 6.92 Å². The fourth-order valence-electron chi connectivity index (χ4n) is 2.28. The van der Waals surface area contributed by atoms with E-state index in [2.05, 4.69) is 17.1 Å². The molecule has 1 fully saturated rings. The monoisotopic (exact) mass is 214 g/mol. The Kier molecular flexibility index (Phi) is 4.54. The van der Waals surface area contributed by atoms with E-state index in [9.17, 15) is 9.90 Å². The van der Waals surface area contributed by atoms with Crippen LogP contribution in [0.1, 0.15) is 27.2 Å². The Labute approximate surface area is 91.6 Å². The van der Waals surface area contributed by atoms with E-state index in [0.717, 1.165) is 13.0 Å². The van der Waals surface area contributed by atoms with Crippen molar-refractivity contribution >= 4 is 5.91 Å². The lowest BCUT2D eigenvalue weighted by Crippen LogP contribution is -2.49. The summed E-state index contributed by atoms with van der Waals surface area (Å²) in [5, 5.41) is 12.1. The number of carbonyl (C=O) groups excluding carboxylic acids is 1. The number of amides is 1. The van der Waals surface area contributed by atoms with Gasteiger partial charge < -0.3 is 10.4 Å². The third-order valence-electron chi connectivity index (χ3n) is 3.34. The minimum Gasteiger partial charge on any atom is -0.395 e. The molecule has 1 rings (SSSR count). The quantitative estimate of drug-likeness (QED) is 0.703. The standard InChI is InChI=1S/C11H22N2O2/c1-4-12-11(15)9(3)13-6-5-8(2)10(13)7-14/h8-10,14H,4-7H2,1-3H3,(H,12,15). The third kappa shape index (κ3) is 2.69. The maximum absolute atomic E-state index is 11.7. The summed E-state index contributed by atoms with van der Waals surface area (Å²) in [6, 6.07) is 0.00894. The molecule has 1 saturated heterocycles. The summed E-state index contributed by atoms with van der Waals surface area (Å²) in [7, 11) is 0. The second-order valence-corrected chi connectivity index (χ2v) is 4.32. The molecule has 0 radical (unpaired) electrons. The molecule has 0 aliphatic carbocycles. The van der Waals surface area contributed by atoms with Crippen LogP contribution in [0.2, 0.25) is 0 Å². The smallest absolute Gasteiger partial charge is 0.237 e. The van der Waals surface area contributed by atoms with Crippen molar-refractivity contribution in [1.29, 1.82) is 0 Å². The molecular weight excluding hydrogens is 192 g/mol. The van der Waals surface area contributed by atoms with E-state index in [1.807, 2.05) is 13.8 Å². The Morgan fingerprint density at radius 3 is 2.87 bits per heavy atom. The molecule has 2 N–H and O–H groups in total. The first-order chi connectivity index (χ1) is 7.11. The predicted molar refractivity (Wildman–Crippen MR) is 59.5 cm³/mol. The van der Waals surface area contributed by atoms with E-state index in [-0.39, 0.29) is 24.6 Å². The van der Waals surface area contributed by atoms with Gasteiger partial charge in [-0.3, -0.25) is 9.69 Å². The number of carbonyl (C=O) groups is 1. The highest BCUT2D eigenvalue weighted by Crippen LogP contribution is 2.25. The van der Waals surface area contributed by atoms with Gasteiger partial charge in [0.25, 0.3) is 0 Å². The summed E-state index contributed by atoms with van der Waals surface area (Å²) >= 11 is 0. The Morgan fingerprint density at radius 1 is 1.67 bits per heavy atom. The summed E-state index contributed by atoms with van der Waals surface area (Å²) in [4.78, 5) is 13.8. The van der Waals surface area contributed by atoms with Crippen molar-refractivity contribution < 1.29 is 9.90 Å². The lowest BCUT2D eigenvalue weighted by Gasteiger charge is -2.30. The van der Waals surface area contributed by atoms with Crippen molar-refractivity contribution in [1.82, 2.24) is 10.2 Å². The van der Waals surface area contributed by atoms with Gasteiger partial charge >= 0.3 is 0 Å². The maximum Gasteiger partial charge on any atom is 0.237 e. The van der Waals surface area contributed by atoms with E-state index < -0.39 is 0 Å². The Hall–Kier alpha value is -0.610. The molecule has 3 atom stereocenters. The minimum atomic E-state index is -0.132. The highest BCUT2D eigenvalue weighted by molar-refractivity contribution is 5.81. The molecule has 4 nitrogen and oxygen atoms in total. The molecule has 3 unspecified atom stereocenters. The van der Waals surface area contributed by atoms with Gasteiger partial charge in [-0.2, -0.15) is 0 Å². The van der Waals surface area contributed by atoms with Crippen LogP contribution in [0.4, 0.5) is 0 Å². The zero-order chi connectivity index (χ0) is 11.4. The second-order valence-electron chi connectivity index (χ2n) is 4.32. The lowest BCUT2D eigenvalue weighted by atomic mass is 10.0. The van der Waals surface area contributed by atoms with Crippen LogP contribution in [0.5, 0.6) is 0 Å². The van der Waals surface area contributed by atoms with Gasteiger partial charge in [0.2, 0.25) is 5.91 Å². The van der Waals surface area contributed by atoms with Crippen molar-refractivity contribution in [2.75, 3.05) is 19.7 Å². The first kappa shape index (κ1) is 12.5. The maximum atomic E-state index is 11.7. The zero-order valence-electron chi connectivity index (χ0n) is 9.86. The van der Waals surface area contributed by atoms with Gasteiger partial charge in [-0.15, -0.1) is 0 Å². The van der Waals surface area contributed by atoms with Gasteiger partial charge in [-0.25, -0.2) is 0 Å². The summed E-state index contributed by atoms with van der Waals surface area (Å²) < 4.78 is 0. The van der Waals surface area contributed by atoms with Gasteiger partial charge in [0.15, 0.2) is 0 Å². The molecule has 0 spiro atoms. The largest absolute Gasteiger partial charge is 0.395 e. The minimum absolute atomic E-state index is 0.0602.